The van der Waals surface area contributed by atoms with Crippen molar-refractivity contribution in [2.24, 2.45) is 5.92 Å². The Bertz CT molecular complexity index is 440. The first-order valence-corrected chi connectivity index (χ1v) is 5.94. The van der Waals surface area contributed by atoms with Crippen LogP contribution in [0.1, 0.15) is 25.3 Å². The van der Waals surface area contributed by atoms with Crippen LogP contribution in [0.2, 0.25) is 0 Å². The number of nitrogens with one attached hydrogen (secondary N) is 1. The van der Waals surface area contributed by atoms with Crippen LogP contribution < -0.4 is 0 Å². The Labute approximate surface area is 106 Å². The molecule has 4 heteroatoms. The summed E-state index contributed by atoms with van der Waals surface area (Å²) in [6.45, 7) is 1.66. The average Bonchev–Trinajstić information content (AvgIpc) is 2.37. The normalized spacial score (nSPS) is 11.8. The summed E-state index contributed by atoms with van der Waals surface area (Å²) in [5.74, 6) is -2.46. The highest BCUT2D eigenvalue weighted by atomic mass is 16.4. The summed E-state index contributed by atoms with van der Waals surface area (Å²) in [5.41, 5.74) is 0.725. The van der Waals surface area contributed by atoms with E-state index in [1.807, 2.05) is 30.3 Å². The van der Waals surface area contributed by atoms with Crippen LogP contribution >= 0.6 is 0 Å². The standard InChI is InChI=1S/C14H17NO3/c1-2-11(14(17)18)13(15)12(16)9-8-10-6-4-3-5-7-10/h3-7,11,15H,2,8-9H2,1H3,(H,17,18). The Balaban J connectivity index is 2.55. The van der Waals surface area contributed by atoms with E-state index in [4.69, 9.17) is 10.5 Å². The first-order chi connectivity index (χ1) is 8.56. The number of carboxylic acid groups (broad SMARTS) is 1. The first-order valence-electron chi connectivity index (χ1n) is 5.94. The molecular formula is C14H17NO3. The van der Waals surface area contributed by atoms with Crippen molar-refractivity contribution in [1.82, 2.24) is 0 Å². The minimum Gasteiger partial charge on any atom is -0.481 e. The Morgan fingerprint density at radius 2 is 1.89 bits per heavy atom. The maximum Gasteiger partial charge on any atom is 0.312 e. The molecule has 0 aliphatic rings. The van der Waals surface area contributed by atoms with Gasteiger partial charge in [0.2, 0.25) is 0 Å². The van der Waals surface area contributed by atoms with Crippen LogP contribution in [0.4, 0.5) is 0 Å². The van der Waals surface area contributed by atoms with Crippen molar-refractivity contribution in [1.29, 1.82) is 5.41 Å². The maximum atomic E-state index is 11.7. The molecule has 0 spiro atoms. The number of ketones is 1. The molecule has 0 saturated carbocycles. The number of carbonyl (C=O) groups excluding carboxylic acids is 1. The lowest BCUT2D eigenvalue weighted by molar-refractivity contribution is -0.139. The van der Waals surface area contributed by atoms with E-state index in [2.05, 4.69) is 0 Å². The van der Waals surface area contributed by atoms with Gasteiger partial charge in [-0.25, -0.2) is 0 Å². The second-order valence-electron chi connectivity index (χ2n) is 4.12. The van der Waals surface area contributed by atoms with E-state index in [1.54, 1.807) is 6.92 Å². The average molecular weight is 247 g/mol. The van der Waals surface area contributed by atoms with E-state index in [9.17, 15) is 9.59 Å². The number of benzene rings is 1. The molecule has 0 bridgehead atoms. The first kappa shape index (κ1) is 14.1. The van der Waals surface area contributed by atoms with Gasteiger partial charge in [0.1, 0.15) is 5.92 Å². The zero-order chi connectivity index (χ0) is 13.5. The molecule has 1 aromatic carbocycles. The highest BCUT2D eigenvalue weighted by Gasteiger charge is 2.25. The van der Waals surface area contributed by atoms with Crippen LogP contribution in [-0.2, 0) is 16.0 Å². The topological polar surface area (TPSA) is 78.2 Å². The van der Waals surface area contributed by atoms with Crippen molar-refractivity contribution in [3.63, 3.8) is 0 Å². The van der Waals surface area contributed by atoms with Crippen LogP contribution in [0.5, 0.6) is 0 Å². The summed E-state index contributed by atoms with van der Waals surface area (Å²) in [6.07, 6.45) is 0.996. The predicted octanol–water partition coefficient (Wildman–Crippen LogP) is 2.32. The number of Topliss-reactive ketones (excluding diaryl/α,β-unsaturated/α-hetero) is 1. The van der Waals surface area contributed by atoms with E-state index in [-0.39, 0.29) is 24.3 Å². The fourth-order valence-electron chi connectivity index (χ4n) is 1.73. The highest BCUT2D eigenvalue weighted by molar-refractivity contribution is 6.42. The van der Waals surface area contributed by atoms with Crippen LogP contribution in [0.15, 0.2) is 30.3 Å². The fraction of sp³-hybridized carbons (Fsp3) is 0.357. The molecule has 1 rings (SSSR count). The molecule has 0 saturated heterocycles. The van der Waals surface area contributed by atoms with Gasteiger partial charge in [-0.05, 0) is 18.4 Å². The molecule has 0 heterocycles. The van der Waals surface area contributed by atoms with Crippen LogP contribution in [-0.4, -0.2) is 22.6 Å². The molecule has 2 N–H and O–H groups in total. The number of hydrogen-bond donors (Lipinski definition) is 2. The lowest BCUT2D eigenvalue weighted by atomic mass is 9.94. The monoisotopic (exact) mass is 247 g/mol. The van der Waals surface area contributed by atoms with Gasteiger partial charge in [0, 0.05) is 6.42 Å². The zero-order valence-electron chi connectivity index (χ0n) is 10.3. The van der Waals surface area contributed by atoms with Gasteiger partial charge in [-0.2, -0.15) is 0 Å². The smallest absolute Gasteiger partial charge is 0.312 e. The molecule has 1 aromatic rings. The maximum absolute atomic E-state index is 11.7. The van der Waals surface area contributed by atoms with Crippen LogP contribution in [0.3, 0.4) is 0 Å². The summed E-state index contributed by atoms with van der Waals surface area (Å²) < 4.78 is 0. The van der Waals surface area contributed by atoms with Gasteiger partial charge in [-0.3, -0.25) is 9.59 Å². The number of hydrogen-bond acceptors (Lipinski definition) is 3. The van der Waals surface area contributed by atoms with Gasteiger partial charge in [0.15, 0.2) is 5.78 Å². The second kappa shape index (κ2) is 6.69. The summed E-state index contributed by atoms with van der Waals surface area (Å²) in [5, 5.41) is 16.5. The van der Waals surface area contributed by atoms with E-state index < -0.39 is 11.9 Å². The fourth-order valence-corrected chi connectivity index (χ4v) is 1.73. The molecule has 96 valence electrons. The van der Waals surface area contributed by atoms with Gasteiger partial charge < -0.3 is 10.5 Å². The van der Waals surface area contributed by atoms with Crippen LogP contribution in [0.25, 0.3) is 0 Å². The Hall–Kier alpha value is -1.97. The van der Waals surface area contributed by atoms with E-state index in [0.29, 0.717) is 6.42 Å². The van der Waals surface area contributed by atoms with Gasteiger partial charge >= 0.3 is 5.97 Å². The molecule has 0 radical (unpaired) electrons. The molecule has 18 heavy (non-hydrogen) atoms. The van der Waals surface area contributed by atoms with Crippen molar-refractivity contribution in [3.8, 4) is 0 Å². The number of rotatable bonds is 7. The summed E-state index contributed by atoms with van der Waals surface area (Å²) in [6, 6.07) is 9.48. The van der Waals surface area contributed by atoms with E-state index in [1.165, 1.54) is 0 Å². The summed E-state index contributed by atoms with van der Waals surface area (Å²) in [4.78, 5) is 22.6. The van der Waals surface area contributed by atoms with Gasteiger partial charge in [-0.1, -0.05) is 37.3 Å². The molecule has 0 aromatic heterocycles. The van der Waals surface area contributed by atoms with Crippen molar-refractivity contribution in [2.75, 3.05) is 0 Å². The van der Waals surface area contributed by atoms with Crippen molar-refractivity contribution >= 4 is 17.5 Å². The molecule has 0 aliphatic carbocycles. The minimum absolute atomic E-state index is 0.187. The number of carbonyl (C=O) groups is 2. The van der Waals surface area contributed by atoms with Crippen molar-refractivity contribution in [3.05, 3.63) is 35.9 Å². The quantitative estimate of drug-likeness (QED) is 0.726. The molecule has 0 aliphatic heterocycles. The van der Waals surface area contributed by atoms with E-state index >= 15 is 0 Å². The zero-order valence-corrected chi connectivity index (χ0v) is 10.3. The number of aliphatic carboxylic acids is 1. The summed E-state index contributed by atoms with van der Waals surface area (Å²) >= 11 is 0. The summed E-state index contributed by atoms with van der Waals surface area (Å²) in [7, 11) is 0. The Morgan fingerprint density at radius 1 is 1.28 bits per heavy atom. The van der Waals surface area contributed by atoms with Crippen LogP contribution in [0, 0.1) is 11.3 Å². The largest absolute Gasteiger partial charge is 0.481 e. The number of aryl methyl sites for hydroxylation is 1. The van der Waals surface area contributed by atoms with Gasteiger partial charge in [0.25, 0.3) is 0 Å². The third-order valence-corrected chi connectivity index (χ3v) is 2.84. The Kier molecular flexibility index (Phi) is 5.24. The third kappa shape index (κ3) is 3.80. The second-order valence-corrected chi connectivity index (χ2v) is 4.12. The SMILES string of the molecule is CCC(C(=N)C(=O)CCc1ccccc1)C(=O)O. The minimum atomic E-state index is -1.10. The molecule has 1 unspecified atom stereocenters. The van der Waals surface area contributed by atoms with Crippen molar-refractivity contribution in [2.45, 2.75) is 26.2 Å². The van der Waals surface area contributed by atoms with E-state index in [0.717, 1.165) is 5.56 Å². The Morgan fingerprint density at radius 3 is 2.39 bits per heavy atom. The molecular weight excluding hydrogens is 230 g/mol. The molecule has 4 nitrogen and oxygen atoms in total. The number of carboxylic acids is 1. The predicted molar refractivity (Wildman–Crippen MR) is 68.9 cm³/mol. The molecule has 0 fully saturated rings. The lowest BCUT2D eigenvalue weighted by Crippen LogP contribution is -2.29. The van der Waals surface area contributed by atoms with Crippen molar-refractivity contribution < 1.29 is 14.7 Å². The molecule has 0 amide bonds. The highest BCUT2D eigenvalue weighted by Crippen LogP contribution is 2.09. The lowest BCUT2D eigenvalue weighted by Gasteiger charge is -2.10. The third-order valence-electron chi connectivity index (χ3n) is 2.84. The molecule has 1 atom stereocenters. The van der Waals surface area contributed by atoms with Gasteiger partial charge in [0.05, 0.1) is 5.71 Å². The van der Waals surface area contributed by atoms with Gasteiger partial charge in [-0.15, -0.1) is 0 Å².